The maximum absolute atomic E-state index is 12.6. The van der Waals surface area contributed by atoms with Gasteiger partial charge in [-0.25, -0.2) is 8.42 Å². The fourth-order valence-corrected chi connectivity index (χ4v) is 4.83. The molecule has 0 aromatic heterocycles. The van der Waals surface area contributed by atoms with Gasteiger partial charge in [0.1, 0.15) is 6.54 Å². The van der Waals surface area contributed by atoms with Crippen LogP contribution in [0.5, 0.6) is 0 Å². The van der Waals surface area contributed by atoms with Gasteiger partial charge in [0.05, 0.1) is 24.7 Å². The Labute approximate surface area is 154 Å². The molecule has 1 aromatic carbocycles. The molecule has 1 amide bonds. The Bertz CT molecular complexity index is 767. The van der Waals surface area contributed by atoms with Gasteiger partial charge in [0, 0.05) is 31.6 Å². The minimum absolute atomic E-state index is 0.0335. The van der Waals surface area contributed by atoms with E-state index in [9.17, 15) is 13.2 Å². The van der Waals surface area contributed by atoms with Gasteiger partial charge in [0.2, 0.25) is 15.9 Å². The zero-order chi connectivity index (χ0) is 18.9. The molecule has 2 aliphatic rings. The van der Waals surface area contributed by atoms with Crippen molar-refractivity contribution < 1.29 is 22.7 Å². The summed E-state index contributed by atoms with van der Waals surface area (Å²) in [4.78, 5) is 12.6. The van der Waals surface area contributed by atoms with Gasteiger partial charge in [-0.3, -0.25) is 9.10 Å². The average Bonchev–Trinajstić information content (AvgIpc) is 2.99. The van der Waals surface area contributed by atoms with Crippen LogP contribution in [0.15, 0.2) is 24.3 Å². The Morgan fingerprint density at radius 3 is 2.85 bits per heavy atom. The first kappa shape index (κ1) is 19.1. The highest BCUT2D eigenvalue weighted by molar-refractivity contribution is 7.92. The van der Waals surface area contributed by atoms with Crippen LogP contribution in [0, 0.1) is 18.8 Å². The monoisotopic (exact) mass is 382 g/mol. The van der Waals surface area contributed by atoms with Crippen molar-refractivity contribution in [3.8, 4) is 0 Å². The number of anilines is 1. The maximum atomic E-state index is 12.6. The zero-order valence-electron chi connectivity index (χ0n) is 15.3. The number of fused-ring (bicyclic) bond motifs is 1. The van der Waals surface area contributed by atoms with E-state index in [0.717, 1.165) is 22.5 Å². The summed E-state index contributed by atoms with van der Waals surface area (Å²) in [6.07, 6.45) is 2.15. The number of amides is 1. The van der Waals surface area contributed by atoms with Crippen LogP contribution in [-0.4, -0.2) is 59.6 Å². The van der Waals surface area contributed by atoms with Crippen LogP contribution in [0.1, 0.15) is 12.0 Å². The van der Waals surface area contributed by atoms with Crippen LogP contribution in [0.3, 0.4) is 0 Å². The molecule has 7 nitrogen and oxygen atoms in total. The number of aryl methyl sites for hydroxylation is 1. The molecule has 0 radical (unpaired) electrons. The number of carbonyl (C=O) groups excluding carboxylic acids is 1. The average molecular weight is 382 g/mol. The predicted octanol–water partition coefficient (Wildman–Crippen LogP) is 0.927. The number of benzene rings is 1. The van der Waals surface area contributed by atoms with Crippen LogP contribution in [-0.2, 0) is 24.3 Å². The Hall–Kier alpha value is -1.64. The molecule has 8 heteroatoms. The lowest BCUT2D eigenvalue weighted by Gasteiger charge is -2.47. The first-order valence-electron chi connectivity index (χ1n) is 8.75. The number of sulfonamides is 1. The molecule has 1 saturated heterocycles. The molecule has 26 heavy (non-hydrogen) atoms. The second kappa shape index (κ2) is 7.54. The molecule has 2 fully saturated rings. The van der Waals surface area contributed by atoms with Crippen molar-refractivity contribution in [1.82, 2.24) is 5.32 Å². The molecule has 3 rings (SSSR count). The Morgan fingerprint density at radius 1 is 1.42 bits per heavy atom. The molecule has 1 aliphatic heterocycles. The molecule has 0 unspecified atom stereocenters. The fourth-order valence-electron chi connectivity index (χ4n) is 3.98. The number of carbonyl (C=O) groups is 1. The summed E-state index contributed by atoms with van der Waals surface area (Å²) < 4.78 is 36.5. The predicted molar refractivity (Wildman–Crippen MR) is 98.5 cm³/mol. The molecule has 1 aliphatic carbocycles. The molecular weight excluding hydrogens is 356 g/mol. The Kier molecular flexibility index (Phi) is 5.55. The molecule has 1 N–H and O–H groups in total. The Balaban J connectivity index is 1.70. The molecule has 4 atom stereocenters. The van der Waals surface area contributed by atoms with Crippen molar-refractivity contribution in [3.63, 3.8) is 0 Å². The van der Waals surface area contributed by atoms with Gasteiger partial charge in [-0.2, -0.15) is 0 Å². The number of hydrogen-bond acceptors (Lipinski definition) is 5. The first-order chi connectivity index (χ1) is 12.3. The van der Waals surface area contributed by atoms with Gasteiger partial charge in [-0.05, 0) is 31.0 Å². The summed E-state index contributed by atoms with van der Waals surface area (Å²) >= 11 is 0. The van der Waals surface area contributed by atoms with E-state index < -0.39 is 10.0 Å². The molecule has 0 spiro atoms. The Morgan fingerprint density at radius 2 is 2.19 bits per heavy atom. The van der Waals surface area contributed by atoms with Crippen molar-refractivity contribution in [3.05, 3.63) is 29.8 Å². The summed E-state index contributed by atoms with van der Waals surface area (Å²) in [6.45, 7) is 2.85. The van der Waals surface area contributed by atoms with E-state index in [4.69, 9.17) is 9.47 Å². The number of nitrogens with one attached hydrogen (secondary N) is 1. The van der Waals surface area contributed by atoms with Gasteiger partial charge in [0.15, 0.2) is 0 Å². The maximum Gasteiger partial charge on any atom is 0.241 e. The molecule has 1 saturated carbocycles. The number of ether oxygens (including phenoxy) is 2. The van der Waals surface area contributed by atoms with Gasteiger partial charge in [-0.15, -0.1) is 0 Å². The van der Waals surface area contributed by atoms with Crippen molar-refractivity contribution in [2.45, 2.75) is 25.5 Å². The summed E-state index contributed by atoms with van der Waals surface area (Å²) in [5.41, 5.74) is 1.42. The summed E-state index contributed by atoms with van der Waals surface area (Å²) in [7, 11) is -1.94. The lowest BCUT2D eigenvalue weighted by atomic mass is 9.67. The van der Waals surface area contributed by atoms with E-state index in [0.29, 0.717) is 18.9 Å². The fraction of sp³-hybridized carbons (Fsp3) is 0.611. The van der Waals surface area contributed by atoms with E-state index >= 15 is 0 Å². The lowest BCUT2D eigenvalue weighted by Crippen LogP contribution is -2.63. The van der Waals surface area contributed by atoms with Gasteiger partial charge < -0.3 is 14.8 Å². The van der Waals surface area contributed by atoms with Crippen molar-refractivity contribution in [2.24, 2.45) is 11.8 Å². The second-order valence-electron chi connectivity index (χ2n) is 7.11. The molecule has 0 bridgehead atoms. The van der Waals surface area contributed by atoms with E-state index in [1.807, 2.05) is 13.0 Å². The molecule has 144 valence electrons. The van der Waals surface area contributed by atoms with E-state index in [-0.39, 0.29) is 36.4 Å². The van der Waals surface area contributed by atoms with Crippen LogP contribution in [0.2, 0.25) is 0 Å². The third-order valence-corrected chi connectivity index (χ3v) is 6.33. The minimum atomic E-state index is -3.57. The highest BCUT2D eigenvalue weighted by Crippen LogP contribution is 2.43. The summed E-state index contributed by atoms with van der Waals surface area (Å²) in [6, 6.07) is 7.08. The van der Waals surface area contributed by atoms with Crippen molar-refractivity contribution in [1.29, 1.82) is 0 Å². The summed E-state index contributed by atoms with van der Waals surface area (Å²) in [5.74, 6) is 0.0836. The van der Waals surface area contributed by atoms with Crippen molar-refractivity contribution in [2.75, 3.05) is 37.4 Å². The largest absolute Gasteiger partial charge is 0.384 e. The van der Waals surface area contributed by atoms with Crippen LogP contribution in [0.4, 0.5) is 5.69 Å². The number of methoxy groups -OCH3 is 1. The second-order valence-corrected chi connectivity index (χ2v) is 9.02. The quantitative estimate of drug-likeness (QED) is 0.758. The van der Waals surface area contributed by atoms with E-state index in [1.165, 1.54) is 0 Å². The smallest absolute Gasteiger partial charge is 0.241 e. The normalized spacial score (nSPS) is 27.5. The first-order valence-corrected chi connectivity index (χ1v) is 10.6. The lowest BCUT2D eigenvalue weighted by molar-refractivity contribution is -0.128. The number of hydrogen-bond donors (Lipinski definition) is 1. The molecule has 1 aromatic rings. The van der Waals surface area contributed by atoms with Crippen LogP contribution < -0.4 is 9.62 Å². The minimum Gasteiger partial charge on any atom is -0.384 e. The van der Waals surface area contributed by atoms with Crippen molar-refractivity contribution >= 4 is 21.6 Å². The SMILES string of the molecule is COC[C@@H]1[C@@H](NC(=O)CN(c2cccc(C)c2)S(C)(=O)=O)[C@@H]2CCO[C@H]12. The highest BCUT2D eigenvalue weighted by atomic mass is 32.2. The summed E-state index contributed by atoms with van der Waals surface area (Å²) in [5, 5.41) is 3.00. The molecular formula is C18H26N2O5S. The zero-order valence-corrected chi connectivity index (χ0v) is 16.2. The van der Waals surface area contributed by atoms with E-state index in [2.05, 4.69) is 5.32 Å². The standard InChI is InChI=1S/C18H26N2O5S/c1-12-5-4-6-13(9-12)20(26(3,22)23)10-16(21)19-17-14-7-8-25-18(14)15(17)11-24-2/h4-6,9,14-15,17-18H,7-8,10-11H2,1-3H3,(H,19,21)/t14-,15+,17-,18-/m0/s1. The van der Waals surface area contributed by atoms with Gasteiger partial charge in [0.25, 0.3) is 0 Å². The topological polar surface area (TPSA) is 84.9 Å². The van der Waals surface area contributed by atoms with Gasteiger partial charge >= 0.3 is 0 Å². The number of nitrogens with zero attached hydrogens (tertiary/aromatic N) is 1. The number of rotatable bonds is 7. The van der Waals surface area contributed by atoms with E-state index in [1.54, 1.807) is 25.3 Å². The van der Waals surface area contributed by atoms with Gasteiger partial charge in [-0.1, -0.05) is 12.1 Å². The third-order valence-electron chi connectivity index (χ3n) is 5.19. The van der Waals surface area contributed by atoms with Crippen LogP contribution in [0.25, 0.3) is 0 Å². The van der Waals surface area contributed by atoms with Crippen LogP contribution >= 0.6 is 0 Å². The molecule has 1 heterocycles. The third kappa shape index (κ3) is 3.87. The highest BCUT2D eigenvalue weighted by Gasteiger charge is 2.54.